The first-order chi connectivity index (χ1) is 7.18. The fourth-order valence-electron chi connectivity index (χ4n) is 2.82. The van der Waals surface area contributed by atoms with E-state index in [4.69, 9.17) is 0 Å². The quantitative estimate of drug-likeness (QED) is 0.714. The number of hydrogen-bond acceptors (Lipinski definition) is 1. The van der Waals surface area contributed by atoms with Crippen LogP contribution in [0.2, 0.25) is 0 Å². The zero-order valence-corrected chi connectivity index (χ0v) is 9.87. The summed E-state index contributed by atoms with van der Waals surface area (Å²) in [5.74, 6) is 0. The number of nitrogens with zero attached hydrogens (tertiary/aromatic N) is 1. The Morgan fingerprint density at radius 2 is 2.00 bits per heavy atom. The highest BCUT2D eigenvalue weighted by Gasteiger charge is 2.29. The predicted molar refractivity (Wildman–Crippen MR) is 65.0 cm³/mol. The van der Waals surface area contributed by atoms with Crippen molar-refractivity contribution in [3.8, 4) is 0 Å². The Labute approximate surface area is 93.1 Å². The van der Waals surface area contributed by atoms with E-state index in [9.17, 15) is 0 Å². The molecule has 0 spiro atoms. The highest BCUT2D eigenvalue weighted by molar-refractivity contribution is 5.16. The fraction of sp³-hybridized carbons (Fsp3) is 0.571. The SMILES string of the molecule is CN1CCCC(C)(Cc2ccccc2)C1. The van der Waals surface area contributed by atoms with Crippen molar-refractivity contribution >= 4 is 0 Å². The standard InChI is InChI=1S/C14H21N/c1-14(9-6-10-15(2)12-14)11-13-7-4-3-5-8-13/h3-5,7-8H,6,9-12H2,1-2H3. The zero-order valence-electron chi connectivity index (χ0n) is 9.87. The molecular weight excluding hydrogens is 182 g/mol. The van der Waals surface area contributed by atoms with Gasteiger partial charge in [-0.2, -0.15) is 0 Å². The molecule has 0 radical (unpaired) electrons. The fourth-order valence-corrected chi connectivity index (χ4v) is 2.82. The van der Waals surface area contributed by atoms with Gasteiger partial charge in [-0.15, -0.1) is 0 Å². The first-order valence-electron chi connectivity index (χ1n) is 5.90. The molecule has 82 valence electrons. The van der Waals surface area contributed by atoms with Crippen molar-refractivity contribution in [1.29, 1.82) is 0 Å². The van der Waals surface area contributed by atoms with Crippen molar-refractivity contribution in [3.63, 3.8) is 0 Å². The van der Waals surface area contributed by atoms with Gasteiger partial charge in [0.15, 0.2) is 0 Å². The molecule has 15 heavy (non-hydrogen) atoms. The van der Waals surface area contributed by atoms with E-state index in [0.29, 0.717) is 5.41 Å². The summed E-state index contributed by atoms with van der Waals surface area (Å²) in [4.78, 5) is 2.46. The molecule has 0 bridgehead atoms. The van der Waals surface area contributed by atoms with Crippen LogP contribution in [-0.2, 0) is 6.42 Å². The number of likely N-dealkylation sites (tertiary alicyclic amines) is 1. The Kier molecular flexibility index (Phi) is 3.11. The van der Waals surface area contributed by atoms with Crippen molar-refractivity contribution in [2.24, 2.45) is 5.41 Å². The van der Waals surface area contributed by atoms with Crippen molar-refractivity contribution in [2.75, 3.05) is 20.1 Å². The maximum absolute atomic E-state index is 2.46. The maximum Gasteiger partial charge on any atom is 0.00355 e. The largest absolute Gasteiger partial charge is 0.306 e. The summed E-state index contributed by atoms with van der Waals surface area (Å²) in [5, 5.41) is 0. The lowest BCUT2D eigenvalue weighted by atomic mass is 9.77. The number of benzene rings is 1. The summed E-state index contributed by atoms with van der Waals surface area (Å²) in [6, 6.07) is 10.9. The first-order valence-corrected chi connectivity index (χ1v) is 5.90. The van der Waals surface area contributed by atoms with Crippen LogP contribution in [-0.4, -0.2) is 25.0 Å². The summed E-state index contributed by atoms with van der Waals surface area (Å²) in [5.41, 5.74) is 1.96. The molecule has 0 saturated carbocycles. The second-order valence-electron chi connectivity index (χ2n) is 5.31. The van der Waals surface area contributed by atoms with Gasteiger partial charge in [0, 0.05) is 6.54 Å². The van der Waals surface area contributed by atoms with E-state index in [1.807, 2.05) is 0 Å². The van der Waals surface area contributed by atoms with E-state index < -0.39 is 0 Å². The van der Waals surface area contributed by atoms with Gasteiger partial charge in [0.05, 0.1) is 0 Å². The van der Waals surface area contributed by atoms with Crippen molar-refractivity contribution in [3.05, 3.63) is 35.9 Å². The topological polar surface area (TPSA) is 3.24 Å². The molecular formula is C14H21N. The summed E-state index contributed by atoms with van der Waals surface area (Å²) in [6.07, 6.45) is 3.93. The molecule has 1 aromatic rings. The van der Waals surface area contributed by atoms with E-state index in [2.05, 4.69) is 49.2 Å². The third kappa shape index (κ3) is 2.82. The second-order valence-corrected chi connectivity index (χ2v) is 5.31. The minimum atomic E-state index is 0.481. The van der Waals surface area contributed by atoms with Gasteiger partial charge in [-0.05, 0) is 43.8 Å². The Morgan fingerprint density at radius 3 is 2.67 bits per heavy atom. The van der Waals surface area contributed by atoms with Gasteiger partial charge in [0.25, 0.3) is 0 Å². The van der Waals surface area contributed by atoms with Gasteiger partial charge >= 0.3 is 0 Å². The van der Waals surface area contributed by atoms with E-state index in [1.54, 1.807) is 0 Å². The van der Waals surface area contributed by atoms with Crippen LogP contribution in [0.15, 0.2) is 30.3 Å². The molecule has 1 aromatic carbocycles. The van der Waals surface area contributed by atoms with Gasteiger partial charge in [-0.3, -0.25) is 0 Å². The van der Waals surface area contributed by atoms with Gasteiger partial charge in [-0.25, -0.2) is 0 Å². The van der Waals surface area contributed by atoms with E-state index in [1.165, 1.54) is 37.9 Å². The lowest BCUT2D eigenvalue weighted by Crippen LogP contribution is -2.40. The third-order valence-electron chi connectivity index (χ3n) is 3.45. The average molecular weight is 203 g/mol. The highest BCUT2D eigenvalue weighted by Crippen LogP contribution is 2.32. The molecule has 1 nitrogen and oxygen atoms in total. The van der Waals surface area contributed by atoms with Crippen LogP contribution in [0.1, 0.15) is 25.3 Å². The molecule has 0 N–H and O–H groups in total. The van der Waals surface area contributed by atoms with Crippen LogP contribution in [0.5, 0.6) is 0 Å². The van der Waals surface area contributed by atoms with Crippen LogP contribution in [0, 0.1) is 5.41 Å². The summed E-state index contributed by atoms with van der Waals surface area (Å²) in [6.45, 7) is 4.93. The Bertz CT molecular complexity index is 306. The summed E-state index contributed by atoms with van der Waals surface area (Å²) in [7, 11) is 2.24. The van der Waals surface area contributed by atoms with Gasteiger partial charge in [-0.1, -0.05) is 37.3 Å². The van der Waals surface area contributed by atoms with Crippen LogP contribution in [0.3, 0.4) is 0 Å². The Balaban J connectivity index is 2.04. The second kappa shape index (κ2) is 4.36. The molecule has 1 aliphatic rings. The van der Waals surface area contributed by atoms with Crippen LogP contribution in [0.4, 0.5) is 0 Å². The number of hydrogen-bond donors (Lipinski definition) is 0. The van der Waals surface area contributed by atoms with Gasteiger partial charge < -0.3 is 4.90 Å². The molecule has 1 heteroatoms. The molecule has 1 aliphatic heterocycles. The smallest absolute Gasteiger partial charge is 0.00355 e. The first kappa shape index (κ1) is 10.7. The molecule has 0 aromatic heterocycles. The molecule has 0 amide bonds. The normalized spacial score (nSPS) is 27.9. The lowest BCUT2D eigenvalue weighted by Gasteiger charge is -2.39. The number of rotatable bonds is 2. The van der Waals surface area contributed by atoms with E-state index in [0.717, 1.165) is 0 Å². The highest BCUT2D eigenvalue weighted by atomic mass is 15.1. The molecule has 1 saturated heterocycles. The number of piperidine rings is 1. The molecule has 1 unspecified atom stereocenters. The molecule has 1 atom stereocenters. The maximum atomic E-state index is 2.46. The average Bonchev–Trinajstić information content (AvgIpc) is 2.18. The molecule has 0 aliphatic carbocycles. The molecule has 1 fully saturated rings. The Morgan fingerprint density at radius 1 is 1.27 bits per heavy atom. The van der Waals surface area contributed by atoms with Crippen molar-refractivity contribution < 1.29 is 0 Å². The minimum Gasteiger partial charge on any atom is -0.306 e. The summed E-state index contributed by atoms with van der Waals surface area (Å²) >= 11 is 0. The van der Waals surface area contributed by atoms with Crippen LogP contribution < -0.4 is 0 Å². The van der Waals surface area contributed by atoms with Crippen molar-refractivity contribution in [1.82, 2.24) is 4.90 Å². The minimum absolute atomic E-state index is 0.481. The molecule has 1 heterocycles. The zero-order chi connectivity index (χ0) is 10.7. The summed E-state index contributed by atoms with van der Waals surface area (Å²) < 4.78 is 0. The van der Waals surface area contributed by atoms with E-state index in [-0.39, 0.29) is 0 Å². The van der Waals surface area contributed by atoms with E-state index >= 15 is 0 Å². The van der Waals surface area contributed by atoms with Crippen LogP contribution in [0.25, 0.3) is 0 Å². The lowest BCUT2D eigenvalue weighted by molar-refractivity contribution is 0.126. The third-order valence-corrected chi connectivity index (χ3v) is 3.45. The van der Waals surface area contributed by atoms with Crippen LogP contribution >= 0.6 is 0 Å². The Hall–Kier alpha value is -0.820. The predicted octanol–water partition coefficient (Wildman–Crippen LogP) is 2.96. The molecule has 2 rings (SSSR count). The monoisotopic (exact) mass is 203 g/mol. The van der Waals surface area contributed by atoms with Crippen molar-refractivity contribution in [2.45, 2.75) is 26.2 Å². The van der Waals surface area contributed by atoms with Gasteiger partial charge in [0.2, 0.25) is 0 Å². The van der Waals surface area contributed by atoms with Gasteiger partial charge in [0.1, 0.15) is 0 Å².